The van der Waals surface area contributed by atoms with Crippen LogP contribution < -0.4 is 10.6 Å². The summed E-state index contributed by atoms with van der Waals surface area (Å²) in [6.07, 6.45) is 5.84. The van der Waals surface area contributed by atoms with Gasteiger partial charge in [0.05, 0.1) is 12.1 Å². The summed E-state index contributed by atoms with van der Waals surface area (Å²) in [6.45, 7) is 0.563. The van der Waals surface area contributed by atoms with Gasteiger partial charge in [-0.05, 0) is 12.8 Å². The van der Waals surface area contributed by atoms with Crippen molar-refractivity contribution in [3.63, 3.8) is 0 Å². The molecule has 0 saturated heterocycles. The van der Waals surface area contributed by atoms with Gasteiger partial charge in [-0.25, -0.2) is 4.79 Å². The van der Waals surface area contributed by atoms with Gasteiger partial charge < -0.3 is 20.3 Å². The smallest absolute Gasteiger partial charge is 0.315 e. The van der Waals surface area contributed by atoms with Crippen molar-refractivity contribution in [1.29, 1.82) is 0 Å². The fourth-order valence-electron chi connectivity index (χ4n) is 3.18. The third kappa shape index (κ3) is 5.06. The average Bonchev–Trinajstić information content (AvgIpc) is 3.01. The van der Waals surface area contributed by atoms with E-state index in [1.54, 1.807) is 0 Å². The lowest BCUT2D eigenvalue weighted by Gasteiger charge is -2.26. The van der Waals surface area contributed by atoms with Crippen LogP contribution in [-0.4, -0.2) is 28.4 Å². The molecule has 1 fully saturated rings. The lowest BCUT2D eigenvalue weighted by Crippen LogP contribution is -2.46. The first kappa shape index (κ1) is 17.5. The molecular formula is C19H25N3O3. The van der Waals surface area contributed by atoms with E-state index in [0.29, 0.717) is 11.5 Å². The van der Waals surface area contributed by atoms with Gasteiger partial charge in [0.25, 0.3) is 0 Å². The summed E-state index contributed by atoms with van der Waals surface area (Å²) in [6, 6.07) is 11.2. The van der Waals surface area contributed by atoms with E-state index in [4.69, 9.17) is 4.52 Å². The number of carbonyl (C=O) groups excluding carboxylic acids is 1. The second kappa shape index (κ2) is 8.16. The van der Waals surface area contributed by atoms with Crippen LogP contribution in [0, 0.1) is 0 Å². The van der Waals surface area contributed by atoms with Crippen molar-refractivity contribution in [1.82, 2.24) is 15.8 Å². The Morgan fingerprint density at radius 1 is 1.12 bits per heavy atom. The Kier molecular flexibility index (Phi) is 5.71. The third-order valence-corrected chi connectivity index (χ3v) is 4.66. The van der Waals surface area contributed by atoms with Crippen LogP contribution in [0.5, 0.6) is 0 Å². The van der Waals surface area contributed by atoms with Gasteiger partial charge in [-0.3, -0.25) is 0 Å². The fourth-order valence-corrected chi connectivity index (χ4v) is 3.18. The third-order valence-electron chi connectivity index (χ3n) is 4.66. The van der Waals surface area contributed by atoms with Crippen LogP contribution in [0.1, 0.15) is 44.2 Å². The van der Waals surface area contributed by atoms with Crippen LogP contribution in [-0.2, 0) is 6.54 Å². The van der Waals surface area contributed by atoms with Crippen LogP contribution in [0.2, 0.25) is 0 Å². The van der Waals surface area contributed by atoms with E-state index < -0.39 is 5.60 Å². The van der Waals surface area contributed by atoms with E-state index in [1.807, 2.05) is 36.4 Å². The van der Waals surface area contributed by atoms with E-state index in [0.717, 1.165) is 44.1 Å². The Balaban J connectivity index is 1.45. The van der Waals surface area contributed by atoms with Crippen molar-refractivity contribution in [2.45, 2.75) is 50.7 Å². The highest BCUT2D eigenvalue weighted by Crippen LogP contribution is 2.26. The number of aromatic nitrogens is 1. The minimum absolute atomic E-state index is 0.278. The Bertz CT molecular complexity index is 676. The van der Waals surface area contributed by atoms with Gasteiger partial charge in [-0.2, -0.15) is 0 Å². The molecular weight excluding hydrogens is 318 g/mol. The van der Waals surface area contributed by atoms with Crippen molar-refractivity contribution in [3.8, 4) is 11.3 Å². The molecule has 1 aromatic carbocycles. The number of hydrogen-bond acceptors (Lipinski definition) is 4. The quantitative estimate of drug-likeness (QED) is 0.727. The number of hydrogen-bond donors (Lipinski definition) is 3. The molecule has 25 heavy (non-hydrogen) atoms. The van der Waals surface area contributed by atoms with Gasteiger partial charge in [0.1, 0.15) is 5.69 Å². The number of nitrogens with zero attached hydrogens (tertiary/aromatic N) is 1. The highest BCUT2D eigenvalue weighted by atomic mass is 16.5. The monoisotopic (exact) mass is 343 g/mol. The van der Waals surface area contributed by atoms with E-state index in [1.165, 1.54) is 0 Å². The standard InChI is InChI=1S/C19H25N3O3/c23-18(21-14-19(24)10-6-1-2-7-11-19)20-13-16-12-17(25-22-16)15-8-4-3-5-9-15/h3-5,8-9,12,24H,1-2,6-7,10-11,13-14H2,(H2,20,21,23). The molecule has 2 aromatic rings. The summed E-state index contributed by atoms with van der Waals surface area (Å²) >= 11 is 0. The Morgan fingerprint density at radius 2 is 1.84 bits per heavy atom. The van der Waals surface area contributed by atoms with Crippen LogP contribution in [0.15, 0.2) is 40.9 Å². The van der Waals surface area contributed by atoms with Crippen molar-refractivity contribution in [3.05, 3.63) is 42.1 Å². The van der Waals surface area contributed by atoms with Crippen LogP contribution >= 0.6 is 0 Å². The summed E-state index contributed by atoms with van der Waals surface area (Å²) in [5.41, 5.74) is 0.825. The SMILES string of the molecule is O=C(NCc1cc(-c2ccccc2)on1)NCC1(O)CCCCCC1. The minimum atomic E-state index is -0.776. The molecule has 1 saturated carbocycles. The molecule has 1 heterocycles. The molecule has 1 aliphatic rings. The zero-order valence-electron chi connectivity index (χ0n) is 14.3. The summed E-state index contributed by atoms with van der Waals surface area (Å²) < 4.78 is 5.31. The zero-order valence-corrected chi connectivity index (χ0v) is 14.3. The number of benzene rings is 1. The lowest BCUT2D eigenvalue weighted by molar-refractivity contribution is 0.0276. The van der Waals surface area contributed by atoms with Crippen LogP contribution in [0.3, 0.4) is 0 Å². The molecule has 0 unspecified atom stereocenters. The van der Waals surface area contributed by atoms with Gasteiger partial charge in [-0.15, -0.1) is 0 Å². The number of aliphatic hydroxyl groups is 1. The first-order valence-corrected chi connectivity index (χ1v) is 8.90. The molecule has 0 aliphatic heterocycles. The van der Waals surface area contributed by atoms with Crippen molar-refractivity contribution in [2.75, 3.05) is 6.54 Å². The maximum absolute atomic E-state index is 12.0. The summed E-state index contributed by atoms with van der Waals surface area (Å²) in [7, 11) is 0. The number of amides is 2. The van der Waals surface area contributed by atoms with E-state index in [9.17, 15) is 9.90 Å². The first-order chi connectivity index (χ1) is 12.1. The van der Waals surface area contributed by atoms with Crippen LogP contribution in [0.4, 0.5) is 4.79 Å². The molecule has 134 valence electrons. The molecule has 1 aromatic heterocycles. The van der Waals surface area contributed by atoms with Crippen LogP contribution in [0.25, 0.3) is 11.3 Å². The topological polar surface area (TPSA) is 87.4 Å². The number of carbonyl (C=O) groups is 1. The average molecular weight is 343 g/mol. The molecule has 6 heteroatoms. The number of nitrogens with one attached hydrogen (secondary N) is 2. The van der Waals surface area contributed by atoms with Crippen molar-refractivity contribution >= 4 is 6.03 Å². The largest absolute Gasteiger partial charge is 0.388 e. The van der Waals surface area contributed by atoms with E-state index >= 15 is 0 Å². The molecule has 1 aliphatic carbocycles. The molecule has 3 N–H and O–H groups in total. The maximum atomic E-state index is 12.0. The van der Waals surface area contributed by atoms with Gasteiger partial charge >= 0.3 is 6.03 Å². The lowest BCUT2D eigenvalue weighted by atomic mass is 9.95. The van der Waals surface area contributed by atoms with Gasteiger partial charge in [0, 0.05) is 18.2 Å². The highest BCUT2D eigenvalue weighted by molar-refractivity contribution is 5.73. The minimum Gasteiger partial charge on any atom is -0.388 e. The highest BCUT2D eigenvalue weighted by Gasteiger charge is 2.28. The maximum Gasteiger partial charge on any atom is 0.315 e. The normalized spacial score (nSPS) is 16.8. The Morgan fingerprint density at radius 3 is 2.56 bits per heavy atom. The molecule has 0 bridgehead atoms. The summed E-state index contributed by atoms with van der Waals surface area (Å²) in [5.74, 6) is 0.672. The molecule has 0 spiro atoms. The summed E-state index contributed by atoms with van der Waals surface area (Å²) in [5, 5.41) is 20.0. The van der Waals surface area contributed by atoms with E-state index in [2.05, 4.69) is 15.8 Å². The molecule has 0 atom stereocenters. The zero-order chi connectivity index (χ0) is 17.5. The second-order valence-corrected chi connectivity index (χ2v) is 6.72. The van der Waals surface area contributed by atoms with Gasteiger partial charge in [0.15, 0.2) is 5.76 Å². The Hall–Kier alpha value is -2.34. The molecule has 3 rings (SSSR count). The molecule has 2 amide bonds. The van der Waals surface area contributed by atoms with Gasteiger partial charge in [-0.1, -0.05) is 61.2 Å². The Labute approximate surface area is 147 Å². The van der Waals surface area contributed by atoms with E-state index in [-0.39, 0.29) is 19.1 Å². The van der Waals surface area contributed by atoms with Crippen molar-refractivity contribution < 1.29 is 14.4 Å². The number of urea groups is 1. The van der Waals surface area contributed by atoms with Crippen molar-refractivity contribution in [2.24, 2.45) is 0 Å². The fraction of sp³-hybridized carbons (Fsp3) is 0.474. The molecule has 6 nitrogen and oxygen atoms in total. The second-order valence-electron chi connectivity index (χ2n) is 6.72. The predicted molar refractivity (Wildman–Crippen MR) is 94.8 cm³/mol. The molecule has 0 radical (unpaired) electrons. The number of rotatable bonds is 5. The summed E-state index contributed by atoms with van der Waals surface area (Å²) in [4.78, 5) is 12.0. The van der Waals surface area contributed by atoms with Gasteiger partial charge in [0.2, 0.25) is 0 Å². The predicted octanol–water partition coefficient (Wildman–Crippen LogP) is 3.23. The first-order valence-electron chi connectivity index (χ1n) is 8.90.